The van der Waals surface area contributed by atoms with E-state index < -0.39 is 30.0 Å². The number of hydrogen-bond acceptors (Lipinski definition) is 3. The van der Waals surface area contributed by atoms with Crippen LogP contribution < -0.4 is 5.46 Å². The van der Waals surface area contributed by atoms with Crippen LogP contribution in [-0.2, 0) is 20.5 Å². The molecule has 2 fully saturated rings. The fourth-order valence-electron chi connectivity index (χ4n) is 3.46. The number of likely N-dealkylation sites (tertiary alicyclic amines) is 1. The van der Waals surface area contributed by atoms with Gasteiger partial charge in [0.25, 0.3) is 0 Å². The van der Waals surface area contributed by atoms with Gasteiger partial charge >= 0.3 is 7.12 Å². The van der Waals surface area contributed by atoms with E-state index in [-0.39, 0.29) is 29.4 Å². The second-order valence-corrected chi connectivity index (χ2v) is 8.31. The number of halogens is 2. The van der Waals surface area contributed by atoms with Crippen LogP contribution in [0.2, 0.25) is 0 Å². The lowest BCUT2D eigenvalue weighted by molar-refractivity contribution is -0.131. The Bertz CT molecular complexity index is 707. The smallest absolute Gasteiger partial charge is 0.399 e. The van der Waals surface area contributed by atoms with Gasteiger partial charge in [-0.05, 0) is 65.2 Å². The average Bonchev–Trinajstić information content (AvgIpc) is 3.03. The van der Waals surface area contributed by atoms with E-state index in [1.165, 1.54) is 0 Å². The summed E-state index contributed by atoms with van der Waals surface area (Å²) in [5.74, 6) is -1.41. The third kappa shape index (κ3) is 3.39. The minimum Gasteiger partial charge on any atom is -0.399 e. The van der Waals surface area contributed by atoms with Crippen LogP contribution in [0.5, 0.6) is 0 Å². The Hall–Kier alpha value is -1.47. The van der Waals surface area contributed by atoms with Crippen molar-refractivity contribution in [2.75, 3.05) is 6.54 Å². The highest BCUT2D eigenvalue weighted by molar-refractivity contribution is 6.62. The predicted octanol–water partition coefficient (Wildman–Crippen LogP) is 2.82. The lowest BCUT2D eigenvalue weighted by atomic mass is 9.78. The summed E-state index contributed by atoms with van der Waals surface area (Å²) in [6.45, 7) is 10.1. The fraction of sp³-hybridized carbons (Fsp3) is 0.632. The summed E-state index contributed by atoms with van der Waals surface area (Å²) < 4.78 is 40.8. The first-order chi connectivity index (χ1) is 12.0. The fourth-order valence-corrected chi connectivity index (χ4v) is 3.46. The zero-order valence-electron chi connectivity index (χ0n) is 16.1. The van der Waals surface area contributed by atoms with Gasteiger partial charge < -0.3 is 14.2 Å². The molecule has 1 aromatic rings. The molecule has 142 valence electrons. The van der Waals surface area contributed by atoms with E-state index in [0.29, 0.717) is 6.54 Å². The molecule has 0 aliphatic carbocycles. The second-order valence-electron chi connectivity index (χ2n) is 8.31. The van der Waals surface area contributed by atoms with E-state index in [0.717, 1.165) is 25.0 Å². The first-order valence-electron chi connectivity index (χ1n) is 9.15. The van der Waals surface area contributed by atoms with Crippen molar-refractivity contribution < 1.29 is 22.9 Å². The lowest BCUT2D eigenvalue weighted by Gasteiger charge is -2.32. The van der Waals surface area contributed by atoms with Gasteiger partial charge in [-0.3, -0.25) is 4.79 Å². The normalized spacial score (nSPS) is 24.3. The third-order valence-electron chi connectivity index (χ3n) is 5.89. The molecular weight excluding hydrogens is 339 g/mol. The quantitative estimate of drug-likeness (QED) is 0.774. The molecule has 2 saturated heterocycles. The molecular formula is C19H26BF2NO3. The van der Waals surface area contributed by atoms with Gasteiger partial charge in [0, 0.05) is 18.0 Å². The maximum atomic E-state index is 14.6. The molecule has 1 aromatic carbocycles. The van der Waals surface area contributed by atoms with Crippen LogP contribution in [0.15, 0.2) is 12.1 Å². The van der Waals surface area contributed by atoms with Gasteiger partial charge in [0.2, 0.25) is 5.91 Å². The Morgan fingerprint density at radius 2 is 1.81 bits per heavy atom. The largest absolute Gasteiger partial charge is 0.497 e. The molecule has 0 N–H and O–H groups in total. The van der Waals surface area contributed by atoms with Crippen molar-refractivity contribution in [3.05, 3.63) is 29.3 Å². The molecule has 2 aliphatic rings. The molecule has 4 nitrogen and oxygen atoms in total. The summed E-state index contributed by atoms with van der Waals surface area (Å²) in [5.41, 5.74) is -1.19. The molecule has 2 heterocycles. The first-order valence-corrected chi connectivity index (χ1v) is 9.15. The average molecular weight is 365 g/mol. The monoisotopic (exact) mass is 365 g/mol. The van der Waals surface area contributed by atoms with E-state index in [4.69, 9.17) is 9.31 Å². The van der Waals surface area contributed by atoms with Crippen molar-refractivity contribution in [2.24, 2.45) is 0 Å². The van der Waals surface area contributed by atoms with Gasteiger partial charge in [-0.1, -0.05) is 0 Å². The van der Waals surface area contributed by atoms with E-state index in [1.807, 2.05) is 34.6 Å². The highest BCUT2D eigenvalue weighted by Gasteiger charge is 2.52. The van der Waals surface area contributed by atoms with E-state index >= 15 is 0 Å². The molecule has 0 saturated carbocycles. The summed E-state index contributed by atoms with van der Waals surface area (Å²) in [4.78, 5) is 14.1. The van der Waals surface area contributed by atoms with Gasteiger partial charge in [0.15, 0.2) is 0 Å². The van der Waals surface area contributed by atoms with Crippen LogP contribution in [0.25, 0.3) is 0 Å². The molecule has 0 spiro atoms. The summed E-state index contributed by atoms with van der Waals surface area (Å²) in [6, 6.07) is 2.33. The minimum atomic E-state index is -0.974. The van der Waals surface area contributed by atoms with Crippen molar-refractivity contribution in [2.45, 2.75) is 71.1 Å². The van der Waals surface area contributed by atoms with E-state index in [9.17, 15) is 13.6 Å². The summed E-state index contributed by atoms with van der Waals surface area (Å²) in [5, 5.41) is 0. The molecule has 0 radical (unpaired) electrons. The number of carbonyl (C=O) groups excluding carboxylic acids is 1. The molecule has 1 unspecified atom stereocenters. The van der Waals surface area contributed by atoms with Crippen molar-refractivity contribution in [1.29, 1.82) is 0 Å². The van der Waals surface area contributed by atoms with Crippen LogP contribution in [0.4, 0.5) is 8.78 Å². The van der Waals surface area contributed by atoms with Crippen molar-refractivity contribution in [3.63, 3.8) is 0 Å². The number of amides is 1. The third-order valence-corrected chi connectivity index (χ3v) is 5.89. The zero-order valence-corrected chi connectivity index (χ0v) is 16.1. The van der Waals surface area contributed by atoms with Crippen LogP contribution in [0, 0.1) is 11.6 Å². The molecule has 0 bridgehead atoms. The number of nitrogens with zero attached hydrogens (tertiary/aromatic N) is 1. The van der Waals surface area contributed by atoms with Crippen LogP contribution >= 0.6 is 0 Å². The molecule has 2 aliphatic heterocycles. The summed E-state index contributed by atoms with van der Waals surface area (Å²) >= 11 is 0. The number of benzene rings is 1. The van der Waals surface area contributed by atoms with Crippen molar-refractivity contribution in [1.82, 2.24) is 4.90 Å². The molecule has 3 rings (SSSR count). The zero-order chi connectivity index (χ0) is 19.3. The molecule has 7 heteroatoms. The first kappa shape index (κ1) is 19.3. The maximum absolute atomic E-state index is 14.6. The number of rotatable bonds is 3. The standard InChI is InChI=1S/C19H26BF2NO3/c1-12-7-6-8-23(12)17(24)10-13-9-16(22)14(11-15(13)21)20-25-18(2,3)19(4,5)26-20/h9,11-12H,6-8,10H2,1-5H3. The van der Waals surface area contributed by atoms with Crippen molar-refractivity contribution >= 4 is 18.5 Å². The predicted molar refractivity (Wildman–Crippen MR) is 96.2 cm³/mol. The lowest BCUT2D eigenvalue weighted by Crippen LogP contribution is -2.41. The maximum Gasteiger partial charge on any atom is 0.497 e. The van der Waals surface area contributed by atoms with Gasteiger partial charge in [0.05, 0.1) is 17.6 Å². The van der Waals surface area contributed by atoms with Crippen molar-refractivity contribution in [3.8, 4) is 0 Å². The highest BCUT2D eigenvalue weighted by Crippen LogP contribution is 2.36. The van der Waals surface area contributed by atoms with Gasteiger partial charge in [-0.2, -0.15) is 0 Å². The van der Waals surface area contributed by atoms with Gasteiger partial charge in [0.1, 0.15) is 11.6 Å². The number of carbonyl (C=O) groups is 1. The molecule has 1 amide bonds. The summed E-state index contributed by atoms with van der Waals surface area (Å²) in [6.07, 6.45) is 1.75. The molecule has 0 aromatic heterocycles. The van der Waals surface area contributed by atoms with E-state index in [1.54, 1.807) is 4.90 Å². The Morgan fingerprint density at radius 1 is 1.19 bits per heavy atom. The highest BCUT2D eigenvalue weighted by atomic mass is 19.1. The van der Waals surface area contributed by atoms with Crippen LogP contribution in [0.3, 0.4) is 0 Å². The van der Waals surface area contributed by atoms with Gasteiger partial charge in [-0.15, -0.1) is 0 Å². The Kier molecular flexibility index (Phi) is 4.90. The molecule has 26 heavy (non-hydrogen) atoms. The SMILES string of the molecule is CC1CCCN1C(=O)Cc1cc(F)c(B2OC(C)(C)C(C)(C)O2)cc1F. The topological polar surface area (TPSA) is 38.8 Å². The summed E-state index contributed by atoms with van der Waals surface area (Å²) in [7, 11) is -0.974. The Morgan fingerprint density at radius 3 is 2.35 bits per heavy atom. The Balaban J connectivity index is 1.80. The molecule has 1 atom stereocenters. The van der Waals surface area contributed by atoms with Gasteiger partial charge in [-0.25, -0.2) is 8.78 Å². The second kappa shape index (κ2) is 6.61. The Labute approximate surface area is 154 Å². The van der Waals surface area contributed by atoms with E-state index in [2.05, 4.69) is 0 Å². The van der Waals surface area contributed by atoms with Crippen LogP contribution in [-0.4, -0.2) is 41.7 Å². The number of hydrogen-bond donors (Lipinski definition) is 0. The minimum absolute atomic E-state index is 0.0203. The van der Waals surface area contributed by atoms with Crippen LogP contribution in [0.1, 0.15) is 53.0 Å².